The molecule has 1 aromatic carbocycles. The third kappa shape index (κ3) is 2.84. The van der Waals surface area contributed by atoms with Gasteiger partial charge in [-0.05, 0) is 23.6 Å². The summed E-state index contributed by atoms with van der Waals surface area (Å²) in [5, 5.41) is 11.2. The van der Waals surface area contributed by atoms with Gasteiger partial charge in [-0.1, -0.05) is 26.0 Å². The Morgan fingerprint density at radius 3 is 2.47 bits per heavy atom. The van der Waals surface area contributed by atoms with E-state index in [0.717, 1.165) is 11.5 Å². The molecule has 0 amide bonds. The lowest BCUT2D eigenvalue weighted by molar-refractivity contribution is 0.812. The third-order valence-corrected chi connectivity index (χ3v) is 2.83. The normalized spacial score (nSPS) is 10.8. The lowest BCUT2D eigenvalue weighted by Crippen LogP contribution is -2.05. The highest BCUT2D eigenvalue weighted by Crippen LogP contribution is 2.17. The summed E-state index contributed by atoms with van der Waals surface area (Å²) in [5.41, 5.74) is 2.46. The molecule has 2 aromatic rings. The number of aryl methyl sites for hydroxylation is 1. The molecule has 0 aliphatic heterocycles. The van der Waals surface area contributed by atoms with E-state index in [1.165, 1.54) is 5.56 Å². The molecule has 4 nitrogen and oxygen atoms in total. The molecule has 90 valence electrons. The lowest BCUT2D eigenvalue weighted by atomic mass is 10.0. The third-order valence-electron chi connectivity index (χ3n) is 2.83. The minimum absolute atomic E-state index is 0.572. The Morgan fingerprint density at radius 1 is 1.24 bits per heavy atom. The quantitative estimate of drug-likeness (QED) is 0.877. The van der Waals surface area contributed by atoms with Crippen LogP contribution in [0.2, 0.25) is 0 Å². The summed E-state index contributed by atoms with van der Waals surface area (Å²) >= 11 is 0. The summed E-state index contributed by atoms with van der Waals surface area (Å²) in [7, 11) is 1.94. The molecule has 0 aliphatic rings. The molecule has 0 spiro atoms. The number of aromatic nitrogens is 3. The van der Waals surface area contributed by atoms with Gasteiger partial charge in [0, 0.05) is 12.7 Å². The average molecular weight is 230 g/mol. The van der Waals surface area contributed by atoms with Crippen LogP contribution in [0.3, 0.4) is 0 Å². The first kappa shape index (κ1) is 11.6. The summed E-state index contributed by atoms with van der Waals surface area (Å²) in [5.74, 6) is 1.50. The van der Waals surface area contributed by atoms with Crippen LogP contribution < -0.4 is 5.32 Å². The molecule has 0 aliphatic carbocycles. The molecular formula is C13H18N4. The predicted octanol–water partition coefficient (Wildman–Crippen LogP) is 2.55. The van der Waals surface area contributed by atoms with E-state index in [1.807, 2.05) is 11.6 Å². The van der Waals surface area contributed by atoms with E-state index in [-0.39, 0.29) is 0 Å². The SMILES string of the molecule is CC(C)c1ccc(NCc2nncn2C)cc1. The van der Waals surface area contributed by atoms with Gasteiger partial charge in [-0.15, -0.1) is 10.2 Å². The fourth-order valence-corrected chi connectivity index (χ4v) is 1.63. The number of benzene rings is 1. The maximum Gasteiger partial charge on any atom is 0.151 e. The fourth-order valence-electron chi connectivity index (χ4n) is 1.63. The highest BCUT2D eigenvalue weighted by atomic mass is 15.3. The summed E-state index contributed by atoms with van der Waals surface area (Å²) in [4.78, 5) is 0. The smallest absolute Gasteiger partial charge is 0.151 e. The van der Waals surface area contributed by atoms with Crippen LogP contribution in [0.1, 0.15) is 31.2 Å². The van der Waals surface area contributed by atoms with Crippen molar-refractivity contribution in [1.82, 2.24) is 14.8 Å². The van der Waals surface area contributed by atoms with Gasteiger partial charge in [0.2, 0.25) is 0 Å². The largest absolute Gasteiger partial charge is 0.378 e. The van der Waals surface area contributed by atoms with Gasteiger partial charge < -0.3 is 9.88 Å². The van der Waals surface area contributed by atoms with E-state index in [0.29, 0.717) is 12.5 Å². The van der Waals surface area contributed by atoms with Crippen molar-refractivity contribution in [3.63, 3.8) is 0 Å². The van der Waals surface area contributed by atoms with Crippen LogP contribution in [0, 0.1) is 0 Å². The molecule has 0 bridgehead atoms. The summed E-state index contributed by atoms with van der Waals surface area (Å²) in [6, 6.07) is 8.52. The standard InChI is InChI=1S/C13H18N4/c1-10(2)11-4-6-12(7-5-11)14-8-13-16-15-9-17(13)3/h4-7,9-10,14H,8H2,1-3H3. The van der Waals surface area contributed by atoms with E-state index in [4.69, 9.17) is 0 Å². The zero-order chi connectivity index (χ0) is 12.3. The first-order valence-electron chi connectivity index (χ1n) is 5.83. The number of rotatable bonds is 4. The van der Waals surface area contributed by atoms with E-state index in [9.17, 15) is 0 Å². The van der Waals surface area contributed by atoms with Gasteiger partial charge in [-0.2, -0.15) is 0 Å². The molecule has 0 atom stereocenters. The van der Waals surface area contributed by atoms with Crippen molar-refractivity contribution in [2.45, 2.75) is 26.3 Å². The van der Waals surface area contributed by atoms with E-state index < -0.39 is 0 Å². The van der Waals surface area contributed by atoms with Crippen molar-refractivity contribution in [1.29, 1.82) is 0 Å². The second-order valence-corrected chi connectivity index (χ2v) is 4.49. The van der Waals surface area contributed by atoms with Gasteiger partial charge >= 0.3 is 0 Å². The van der Waals surface area contributed by atoms with Crippen LogP contribution in [0.5, 0.6) is 0 Å². The molecule has 0 radical (unpaired) electrons. The molecule has 17 heavy (non-hydrogen) atoms. The van der Waals surface area contributed by atoms with Crippen LogP contribution in [0.4, 0.5) is 5.69 Å². The van der Waals surface area contributed by atoms with E-state index in [1.54, 1.807) is 6.33 Å². The number of hydrogen-bond donors (Lipinski definition) is 1. The Labute approximate surface area is 102 Å². The zero-order valence-electron chi connectivity index (χ0n) is 10.5. The van der Waals surface area contributed by atoms with Crippen molar-refractivity contribution in [3.8, 4) is 0 Å². The topological polar surface area (TPSA) is 42.7 Å². The molecule has 0 unspecified atom stereocenters. The molecule has 0 saturated heterocycles. The van der Waals surface area contributed by atoms with Gasteiger partial charge in [-0.3, -0.25) is 0 Å². The van der Waals surface area contributed by atoms with Crippen molar-refractivity contribution in [2.75, 3.05) is 5.32 Å². The van der Waals surface area contributed by atoms with Crippen LogP contribution in [-0.2, 0) is 13.6 Å². The molecule has 1 N–H and O–H groups in total. The Balaban J connectivity index is 1.98. The molecule has 4 heteroatoms. The summed E-state index contributed by atoms with van der Waals surface area (Å²) in [6.07, 6.45) is 1.71. The molecule has 0 fully saturated rings. The Morgan fingerprint density at radius 2 is 1.94 bits per heavy atom. The molecule has 1 heterocycles. The van der Waals surface area contributed by atoms with Gasteiger partial charge in [0.15, 0.2) is 5.82 Å². The Bertz CT molecular complexity index is 470. The molecular weight excluding hydrogens is 212 g/mol. The second kappa shape index (κ2) is 4.99. The minimum atomic E-state index is 0.572. The first-order valence-corrected chi connectivity index (χ1v) is 5.83. The number of nitrogens with zero attached hydrogens (tertiary/aromatic N) is 3. The fraction of sp³-hybridized carbons (Fsp3) is 0.385. The molecule has 1 aromatic heterocycles. The monoisotopic (exact) mass is 230 g/mol. The van der Waals surface area contributed by atoms with Crippen molar-refractivity contribution in [3.05, 3.63) is 42.0 Å². The lowest BCUT2D eigenvalue weighted by Gasteiger charge is -2.08. The highest BCUT2D eigenvalue weighted by Gasteiger charge is 2.01. The predicted molar refractivity (Wildman–Crippen MR) is 68.9 cm³/mol. The first-order chi connectivity index (χ1) is 8.16. The van der Waals surface area contributed by atoms with Gasteiger partial charge in [-0.25, -0.2) is 0 Å². The van der Waals surface area contributed by atoms with Gasteiger partial charge in [0.25, 0.3) is 0 Å². The van der Waals surface area contributed by atoms with Crippen molar-refractivity contribution >= 4 is 5.69 Å². The molecule has 0 saturated carbocycles. The maximum atomic E-state index is 4.03. The van der Waals surface area contributed by atoms with Gasteiger partial charge in [0.05, 0.1) is 6.54 Å². The Kier molecular flexibility index (Phi) is 3.42. The summed E-state index contributed by atoms with van der Waals surface area (Å²) < 4.78 is 1.91. The number of nitrogens with one attached hydrogen (secondary N) is 1. The van der Waals surface area contributed by atoms with E-state index in [2.05, 4.69) is 53.6 Å². The summed E-state index contributed by atoms with van der Waals surface area (Å²) in [6.45, 7) is 5.08. The van der Waals surface area contributed by atoms with Gasteiger partial charge in [0.1, 0.15) is 6.33 Å². The van der Waals surface area contributed by atoms with Crippen LogP contribution in [-0.4, -0.2) is 14.8 Å². The number of hydrogen-bond acceptors (Lipinski definition) is 3. The van der Waals surface area contributed by atoms with E-state index >= 15 is 0 Å². The van der Waals surface area contributed by atoms with Crippen LogP contribution >= 0.6 is 0 Å². The van der Waals surface area contributed by atoms with Crippen molar-refractivity contribution < 1.29 is 0 Å². The van der Waals surface area contributed by atoms with Crippen LogP contribution in [0.25, 0.3) is 0 Å². The number of anilines is 1. The zero-order valence-corrected chi connectivity index (χ0v) is 10.5. The second-order valence-electron chi connectivity index (χ2n) is 4.49. The van der Waals surface area contributed by atoms with Crippen LogP contribution in [0.15, 0.2) is 30.6 Å². The minimum Gasteiger partial charge on any atom is -0.378 e. The molecule has 2 rings (SSSR count). The average Bonchev–Trinajstić information content (AvgIpc) is 2.73. The highest BCUT2D eigenvalue weighted by molar-refractivity contribution is 5.45. The Hall–Kier alpha value is -1.84. The van der Waals surface area contributed by atoms with Crippen molar-refractivity contribution in [2.24, 2.45) is 7.05 Å². The maximum absolute atomic E-state index is 4.03.